The molecule has 92 valence electrons. The topological polar surface area (TPSA) is 52.6 Å². The van der Waals surface area contributed by atoms with Crippen LogP contribution in [0.15, 0.2) is 18.2 Å². The molecule has 0 aliphatic carbocycles. The van der Waals surface area contributed by atoms with Gasteiger partial charge in [0.2, 0.25) is 0 Å². The third-order valence-electron chi connectivity index (χ3n) is 2.02. The van der Waals surface area contributed by atoms with Gasteiger partial charge in [-0.15, -0.1) is 0 Å². The number of rotatable bonds is 5. The molecule has 0 aromatic heterocycles. The third-order valence-corrected chi connectivity index (χ3v) is 2.02. The van der Waals surface area contributed by atoms with E-state index >= 15 is 0 Å². The van der Waals surface area contributed by atoms with Crippen molar-refractivity contribution in [3.8, 4) is 5.75 Å². The van der Waals surface area contributed by atoms with Gasteiger partial charge in [0.1, 0.15) is 11.3 Å². The Labute approximate surface area is 101 Å². The number of benzene rings is 1. The van der Waals surface area contributed by atoms with E-state index in [1.54, 1.807) is 25.1 Å². The fourth-order valence-electron chi connectivity index (χ4n) is 1.38. The van der Waals surface area contributed by atoms with Crippen LogP contribution in [0.4, 0.5) is 0 Å². The molecule has 0 fully saturated rings. The lowest BCUT2D eigenvalue weighted by Crippen LogP contribution is -2.13. The second kappa shape index (κ2) is 6.03. The molecule has 0 saturated heterocycles. The van der Waals surface area contributed by atoms with Crippen molar-refractivity contribution < 1.29 is 19.1 Å². The zero-order valence-electron chi connectivity index (χ0n) is 10.2. The van der Waals surface area contributed by atoms with Crippen LogP contribution in [0.1, 0.15) is 41.5 Å². The first-order valence-electron chi connectivity index (χ1n) is 5.52. The van der Waals surface area contributed by atoms with Crippen molar-refractivity contribution in [2.24, 2.45) is 0 Å². The monoisotopic (exact) mass is 236 g/mol. The molecular weight excluding hydrogens is 220 g/mol. The first-order valence-corrected chi connectivity index (χ1v) is 5.52. The lowest BCUT2D eigenvalue weighted by Gasteiger charge is -2.15. The predicted molar refractivity (Wildman–Crippen MR) is 63.6 cm³/mol. The molecule has 1 rings (SSSR count). The molecule has 4 heteroatoms. The summed E-state index contributed by atoms with van der Waals surface area (Å²) in [6, 6.07) is 4.82. The van der Waals surface area contributed by atoms with Gasteiger partial charge in [0, 0.05) is 0 Å². The van der Waals surface area contributed by atoms with E-state index < -0.39 is 5.97 Å². The average Bonchev–Trinajstić information content (AvgIpc) is 2.28. The molecule has 0 bridgehead atoms. The predicted octanol–water partition coefficient (Wildman–Crippen LogP) is 2.46. The summed E-state index contributed by atoms with van der Waals surface area (Å²) in [4.78, 5) is 22.6. The first-order chi connectivity index (χ1) is 8.10. The van der Waals surface area contributed by atoms with Crippen LogP contribution in [0, 0.1) is 0 Å². The Hall–Kier alpha value is -1.84. The molecule has 17 heavy (non-hydrogen) atoms. The number of hydrogen-bond acceptors (Lipinski definition) is 4. The molecule has 1 aromatic carbocycles. The summed E-state index contributed by atoms with van der Waals surface area (Å²) < 4.78 is 10.4. The zero-order valence-corrected chi connectivity index (χ0v) is 10.2. The lowest BCUT2D eigenvalue weighted by molar-refractivity contribution is 0.0520. The molecule has 0 radical (unpaired) electrons. The Morgan fingerprint density at radius 2 is 2.12 bits per heavy atom. The maximum absolute atomic E-state index is 11.7. The van der Waals surface area contributed by atoms with Gasteiger partial charge in [-0.05, 0) is 32.9 Å². The third kappa shape index (κ3) is 3.31. The summed E-state index contributed by atoms with van der Waals surface area (Å²) in [7, 11) is 0. The van der Waals surface area contributed by atoms with Crippen molar-refractivity contribution in [1.29, 1.82) is 0 Å². The van der Waals surface area contributed by atoms with Gasteiger partial charge in [0.05, 0.1) is 18.3 Å². The van der Waals surface area contributed by atoms with E-state index in [1.165, 1.54) is 0 Å². The quantitative estimate of drug-likeness (QED) is 0.582. The molecule has 0 aliphatic rings. The lowest BCUT2D eigenvalue weighted by atomic mass is 10.1. The van der Waals surface area contributed by atoms with E-state index in [0.29, 0.717) is 11.8 Å². The van der Waals surface area contributed by atoms with Crippen LogP contribution in [0.2, 0.25) is 0 Å². The fourth-order valence-corrected chi connectivity index (χ4v) is 1.38. The van der Waals surface area contributed by atoms with Gasteiger partial charge < -0.3 is 9.47 Å². The average molecular weight is 236 g/mol. The van der Waals surface area contributed by atoms with E-state index in [2.05, 4.69) is 0 Å². The van der Waals surface area contributed by atoms with Crippen molar-refractivity contribution in [1.82, 2.24) is 0 Å². The smallest absolute Gasteiger partial charge is 0.341 e. The van der Waals surface area contributed by atoms with Gasteiger partial charge in [0.25, 0.3) is 0 Å². The number of para-hydroxylation sites is 1. The second-order valence-corrected chi connectivity index (χ2v) is 3.73. The van der Waals surface area contributed by atoms with Crippen molar-refractivity contribution in [3.63, 3.8) is 0 Å². The van der Waals surface area contributed by atoms with Crippen LogP contribution in [0.5, 0.6) is 5.75 Å². The Morgan fingerprint density at radius 1 is 1.41 bits per heavy atom. The van der Waals surface area contributed by atoms with Crippen molar-refractivity contribution in [2.45, 2.75) is 26.9 Å². The largest absolute Gasteiger partial charge is 0.489 e. The van der Waals surface area contributed by atoms with Crippen LogP contribution in [0.25, 0.3) is 0 Å². The normalized spacial score (nSPS) is 10.1. The molecule has 1 aromatic rings. The molecule has 0 spiro atoms. The highest BCUT2D eigenvalue weighted by Gasteiger charge is 2.17. The van der Waals surface area contributed by atoms with Gasteiger partial charge in [-0.2, -0.15) is 0 Å². The van der Waals surface area contributed by atoms with Crippen LogP contribution in [-0.4, -0.2) is 25.0 Å². The Kier molecular flexibility index (Phi) is 4.69. The van der Waals surface area contributed by atoms with Gasteiger partial charge >= 0.3 is 5.97 Å². The summed E-state index contributed by atoms with van der Waals surface area (Å²) in [5.41, 5.74) is 0.634. The van der Waals surface area contributed by atoms with Gasteiger partial charge in [-0.3, -0.25) is 4.79 Å². The number of carbonyl (C=O) groups is 2. The highest BCUT2D eigenvalue weighted by molar-refractivity contribution is 5.96. The van der Waals surface area contributed by atoms with Crippen LogP contribution < -0.4 is 4.74 Å². The summed E-state index contributed by atoms with van der Waals surface area (Å²) in [5, 5.41) is 0. The van der Waals surface area contributed by atoms with E-state index in [9.17, 15) is 9.59 Å². The van der Waals surface area contributed by atoms with E-state index in [1.807, 2.05) is 13.8 Å². The van der Waals surface area contributed by atoms with Crippen molar-refractivity contribution in [3.05, 3.63) is 29.3 Å². The Balaban J connectivity index is 3.18. The maximum atomic E-state index is 11.7. The molecule has 0 aliphatic heterocycles. The number of hydrogen-bond donors (Lipinski definition) is 0. The standard InChI is InChI=1S/C13H16O4/c1-4-16-13(15)11-7-5-6-10(8-14)12(11)17-9(2)3/h5-9H,4H2,1-3H3. The van der Waals surface area contributed by atoms with Gasteiger partial charge in [-0.1, -0.05) is 6.07 Å². The van der Waals surface area contributed by atoms with Gasteiger partial charge in [0.15, 0.2) is 6.29 Å². The molecule has 0 unspecified atom stereocenters. The second-order valence-electron chi connectivity index (χ2n) is 3.73. The molecule has 0 amide bonds. The number of aldehydes is 1. The molecule has 0 N–H and O–H groups in total. The van der Waals surface area contributed by atoms with E-state index in [0.717, 1.165) is 0 Å². The minimum Gasteiger partial charge on any atom is -0.489 e. The van der Waals surface area contributed by atoms with Gasteiger partial charge in [-0.25, -0.2) is 4.79 Å². The summed E-state index contributed by atoms with van der Waals surface area (Å²) in [6.07, 6.45) is 0.546. The molecule has 0 saturated carbocycles. The maximum Gasteiger partial charge on any atom is 0.341 e. The first kappa shape index (κ1) is 13.2. The van der Waals surface area contributed by atoms with Crippen LogP contribution >= 0.6 is 0 Å². The highest BCUT2D eigenvalue weighted by atomic mass is 16.5. The molecular formula is C13H16O4. The van der Waals surface area contributed by atoms with Crippen LogP contribution in [0.3, 0.4) is 0 Å². The minimum atomic E-state index is -0.480. The Morgan fingerprint density at radius 3 is 2.65 bits per heavy atom. The van der Waals surface area contributed by atoms with Crippen LogP contribution in [-0.2, 0) is 4.74 Å². The minimum absolute atomic E-state index is 0.121. The summed E-state index contributed by atoms with van der Waals surface area (Å²) in [6.45, 7) is 5.67. The molecule has 0 heterocycles. The summed E-state index contributed by atoms with van der Waals surface area (Å²) >= 11 is 0. The zero-order chi connectivity index (χ0) is 12.8. The van der Waals surface area contributed by atoms with E-state index in [-0.39, 0.29) is 24.0 Å². The van der Waals surface area contributed by atoms with Crippen molar-refractivity contribution in [2.75, 3.05) is 6.61 Å². The number of esters is 1. The molecule has 4 nitrogen and oxygen atoms in total. The number of carbonyl (C=O) groups excluding carboxylic acids is 2. The Bertz CT molecular complexity index is 410. The highest BCUT2D eigenvalue weighted by Crippen LogP contribution is 2.24. The fraction of sp³-hybridized carbons (Fsp3) is 0.385. The number of ether oxygens (including phenoxy) is 2. The van der Waals surface area contributed by atoms with Crippen molar-refractivity contribution >= 4 is 12.3 Å². The van der Waals surface area contributed by atoms with E-state index in [4.69, 9.17) is 9.47 Å². The SMILES string of the molecule is CCOC(=O)c1cccc(C=O)c1OC(C)C. The molecule has 0 atom stereocenters. The summed E-state index contributed by atoms with van der Waals surface area (Å²) in [5.74, 6) is -0.192.